The number of aromatic amines is 1. The Morgan fingerprint density at radius 1 is 1.08 bits per heavy atom. The maximum Gasteiger partial charge on any atom is 0.285 e. The molecule has 0 unspecified atom stereocenters. The van der Waals surface area contributed by atoms with Crippen molar-refractivity contribution < 1.29 is 4.39 Å². The Labute approximate surface area is 215 Å². The lowest BCUT2D eigenvalue weighted by Crippen LogP contribution is -2.58. The van der Waals surface area contributed by atoms with Gasteiger partial charge in [0.05, 0.1) is 11.1 Å². The van der Waals surface area contributed by atoms with E-state index in [2.05, 4.69) is 24.8 Å². The van der Waals surface area contributed by atoms with Crippen LogP contribution in [-0.2, 0) is 5.54 Å². The Hall–Kier alpha value is -5.06. The lowest BCUT2D eigenvalue weighted by atomic mass is 9.84. The normalized spacial score (nSPS) is 17.3. The molecule has 0 amide bonds. The van der Waals surface area contributed by atoms with Gasteiger partial charge in [0.25, 0.3) is 5.56 Å². The monoisotopic (exact) mass is 507 g/mol. The standard InChI is InChI=1S/C27H22FN9O/c1-27(26-34-36-11-9-19(28)22(36)25(38)37(26)17-5-3-2-4-6-17)10-12-35(27)24-21-18(14-31-23(21)32-15-33-24)16-7-8-20(29)30-13-16/h2-9,11,13-15H,10,12H2,1H3,(H2,29,30)(H,31,32,33)/t27-/m0/s1. The van der Waals surface area contributed by atoms with Gasteiger partial charge in [-0.3, -0.25) is 9.36 Å². The van der Waals surface area contributed by atoms with Gasteiger partial charge in [0.1, 0.15) is 29.1 Å². The molecule has 38 heavy (non-hydrogen) atoms. The highest BCUT2D eigenvalue weighted by molar-refractivity contribution is 6.01. The number of halogens is 1. The van der Waals surface area contributed by atoms with E-state index in [1.165, 1.54) is 27.7 Å². The summed E-state index contributed by atoms with van der Waals surface area (Å²) in [6.07, 6.45) is 7.28. The van der Waals surface area contributed by atoms with Crippen molar-refractivity contribution in [1.29, 1.82) is 0 Å². The van der Waals surface area contributed by atoms with Gasteiger partial charge in [0.2, 0.25) is 0 Å². The number of rotatable bonds is 4. The molecule has 1 aliphatic heterocycles. The number of nitrogen functional groups attached to an aromatic ring is 1. The van der Waals surface area contributed by atoms with Crippen molar-refractivity contribution in [3.05, 3.63) is 95.4 Å². The van der Waals surface area contributed by atoms with Crippen molar-refractivity contribution in [2.24, 2.45) is 0 Å². The van der Waals surface area contributed by atoms with Gasteiger partial charge in [0.15, 0.2) is 17.2 Å². The minimum atomic E-state index is -0.723. The second kappa shape index (κ2) is 7.97. The quantitative estimate of drug-likeness (QED) is 0.373. The van der Waals surface area contributed by atoms with Gasteiger partial charge in [-0.25, -0.2) is 23.9 Å². The molecule has 1 saturated heterocycles. The molecule has 0 radical (unpaired) electrons. The number of nitrogens with one attached hydrogen (secondary N) is 1. The van der Waals surface area contributed by atoms with E-state index in [1.54, 1.807) is 12.3 Å². The van der Waals surface area contributed by atoms with Crippen LogP contribution in [0.4, 0.5) is 16.0 Å². The summed E-state index contributed by atoms with van der Waals surface area (Å²) in [7, 11) is 0. The third-order valence-corrected chi connectivity index (χ3v) is 7.35. The molecule has 0 spiro atoms. The Morgan fingerprint density at radius 3 is 2.66 bits per heavy atom. The molecule has 7 rings (SSSR count). The van der Waals surface area contributed by atoms with Crippen LogP contribution >= 0.6 is 0 Å². The van der Waals surface area contributed by atoms with E-state index in [9.17, 15) is 9.18 Å². The van der Waals surface area contributed by atoms with Crippen LogP contribution in [0, 0.1) is 5.82 Å². The predicted octanol–water partition coefficient (Wildman–Crippen LogP) is 3.67. The third kappa shape index (κ3) is 3.08. The highest BCUT2D eigenvalue weighted by atomic mass is 19.1. The van der Waals surface area contributed by atoms with E-state index in [4.69, 9.17) is 10.8 Å². The zero-order valence-corrected chi connectivity index (χ0v) is 20.3. The first-order valence-electron chi connectivity index (χ1n) is 12.1. The fourth-order valence-electron chi connectivity index (χ4n) is 5.27. The Bertz CT molecular complexity index is 1890. The topological polar surface area (TPSA) is 123 Å². The second-order valence-corrected chi connectivity index (χ2v) is 9.53. The first-order valence-corrected chi connectivity index (χ1v) is 12.1. The molecule has 0 saturated carbocycles. The number of benzene rings is 1. The smallest absolute Gasteiger partial charge is 0.285 e. The Kier molecular flexibility index (Phi) is 4.65. The van der Waals surface area contributed by atoms with Crippen molar-refractivity contribution in [2.45, 2.75) is 18.9 Å². The molecular weight excluding hydrogens is 485 g/mol. The number of anilines is 2. The van der Waals surface area contributed by atoms with Crippen molar-refractivity contribution in [2.75, 3.05) is 17.2 Å². The average molecular weight is 508 g/mol. The molecule has 1 aromatic carbocycles. The molecule has 0 aliphatic carbocycles. The molecule has 3 N–H and O–H groups in total. The highest BCUT2D eigenvalue weighted by Crippen LogP contribution is 2.45. The average Bonchev–Trinajstić information content (AvgIpc) is 3.53. The number of H-pyrrole nitrogens is 1. The maximum atomic E-state index is 14.6. The summed E-state index contributed by atoms with van der Waals surface area (Å²) >= 11 is 0. The molecule has 6 aromatic rings. The fourth-order valence-corrected chi connectivity index (χ4v) is 5.27. The largest absolute Gasteiger partial charge is 0.384 e. The molecule has 11 heteroatoms. The lowest BCUT2D eigenvalue weighted by Gasteiger charge is -2.51. The van der Waals surface area contributed by atoms with E-state index in [0.29, 0.717) is 41.8 Å². The first-order chi connectivity index (χ1) is 18.5. The number of nitrogens with zero attached hydrogens (tertiary/aromatic N) is 7. The maximum absolute atomic E-state index is 14.6. The minimum Gasteiger partial charge on any atom is -0.384 e. The SMILES string of the molecule is C[C@@]1(c2nn3ccc(F)c3c(=O)n2-c2ccccc2)CCN1c1ncnc2[nH]cc(-c3ccc(N)nc3)c12. The number of para-hydroxylation sites is 1. The van der Waals surface area contributed by atoms with Gasteiger partial charge < -0.3 is 15.6 Å². The van der Waals surface area contributed by atoms with Crippen LogP contribution in [0.2, 0.25) is 0 Å². The lowest BCUT2D eigenvalue weighted by molar-refractivity contribution is 0.278. The molecule has 1 fully saturated rings. The van der Waals surface area contributed by atoms with Gasteiger partial charge in [-0.05, 0) is 43.7 Å². The molecule has 0 bridgehead atoms. The molecular formula is C27H22FN9O. The molecule has 1 aliphatic rings. The summed E-state index contributed by atoms with van der Waals surface area (Å²) < 4.78 is 17.4. The van der Waals surface area contributed by atoms with E-state index >= 15 is 0 Å². The van der Waals surface area contributed by atoms with E-state index < -0.39 is 16.9 Å². The van der Waals surface area contributed by atoms with Gasteiger partial charge in [0, 0.05) is 36.3 Å². The van der Waals surface area contributed by atoms with Crippen molar-refractivity contribution >= 4 is 28.2 Å². The molecule has 1 atom stereocenters. The number of fused-ring (bicyclic) bond motifs is 2. The van der Waals surface area contributed by atoms with Crippen LogP contribution in [0.15, 0.2) is 78.2 Å². The summed E-state index contributed by atoms with van der Waals surface area (Å²) in [5.74, 6) is 1.01. The van der Waals surface area contributed by atoms with Crippen LogP contribution in [0.3, 0.4) is 0 Å². The van der Waals surface area contributed by atoms with Crippen LogP contribution in [0.5, 0.6) is 0 Å². The summed E-state index contributed by atoms with van der Waals surface area (Å²) in [6, 6.07) is 14.1. The molecule has 5 aromatic heterocycles. The van der Waals surface area contributed by atoms with Crippen molar-refractivity contribution in [3.8, 4) is 16.8 Å². The van der Waals surface area contributed by atoms with Gasteiger partial charge in [-0.15, -0.1) is 0 Å². The first kappa shape index (κ1) is 22.2. The minimum absolute atomic E-state index is 0.0970. The fraction of sp³-hybridized carbons (Fsp3) is 0.148. The number of aromatic nitrogens is 7. The Balaban J connectivity index is 1.45. The van der Waals surface area contributed by atoms with E-state index in [0.717, 1.165) is 16.5 Å². The van der Waals surface area contributed by atoms with Crippen LogP contribution in [0.1, 0.15) is 19.2 Å². The van der Waals surface area contributed by atoms with Gasteiger partial charge >= 0.3 is 0 Å². The number of hydrogen-bond donors (Lipinski definition) is 2. The number of hydrogen-bond acceptors (Lipinski definition) is 7. The van der Waals surface area contributed by atoms with Gasteiger partial charge in [-0.1, -0.05) is 18.2 Å². The van der Waals surface area contributed by atoms with Gasteiger partial charge in [-0.2, -0.15) is 5.10 Å². The van der Waals surface area contributed by atoms with Crippen molar-refractivity contribution in [1.82, 2.24) is 34.1 Å². The molecule has 10 nitrogen and oxygen atoms in total. The summed E-state index contributed by atoms with van der Waals surface area (Å²) in [4.78, 5) is 32.4. The summed E-state index contributed by atoms with van der Waals surface area (Å²) in [5, 5.41) is 5.61. The highest BCUT2D eigenvalue weighted by Gasteiger charge is 2.48. The van der Waals surface area contributed by atoms with E-state index in [1.807, 2.05) is 49.5 Å². The molecule has 6 heterocycles. The second-order valence-electron chi connectivity index (χ2n) is 9.53. The van der Waals surface area contributed by atoms with Crippen molar-refractivity contribution in [3.63, 3.8) is 0 Å². The van der Waals surface area contributed by atoms with Crippen LogP contribution in [0.25, 0.3) is 33.4 Å². The third-order valence-electron chi connectivity index (χ3n) is 7.35. The summed E-state index contributed by atoms with van der Waals surface area (Å²) in [6.45, 7) is 2.70. The predicted molar refractivity (Wildman–Crippen MR) is 142 cm³/mol. The van der Waals surface area contributed by atoms with Crippen LogP contribution in [-0.4, -0.2) is 40.7 Å². The van der Waals surface area contributed by atoms with Crippen LogP contribution < -0.4 is 16.2 Å². The Morgan fingerprint density at radius 2 is 1.92 bits per heavy atom. The zero-order chi connectivity index (χ0) is 26.0. The number of pyridine rings is 1. The number of nitrogens with two attached hydrogens (primary N) is 1. The zero-order valence-electron chi connectivity index (χ0n) is 20.3. The molecule has 188 valence electrons. The summed E-state index contributed by atoms with van der Waals surface area (Å²) in [5.41, 5.74) is 7.55. The van der Waals surface area contributed by atoms with E-state index in [-0.39, 0.29) is 5.52 Å².